The first kappa shape index (κ1) is 41.9. The van der Waals surface area contributed by atoms with Crippen LogP contribution in [0.4, 0.5) is 46.5 Å². The molecule has 0 aliphatic carbocycles. The summed E-state index contributed by atoms with van der Waals surface area (Å²) in [7, 11) is 6.98. The van der Waals surface area contributed by atoms with Crippen LogP contribution < -0.4 is 0 Å². The molecule has 43 heavy (non-hydrogen) atoms. The van der Waals surface area contributed by atoms with Crippen LogP contribution in [0.2, 0.25) is 0 Å². The molecule has 0 spiro atoms. The zero-order chi connectivity index (χ0) is 31.7. The van der Waals surface area contributed by atoms with Gasteiger partial charge in [-0.25, -0.2) is 35.1 Å². The quantitative estimate of drug-likeness (QED) is 0.211. The summed E-state index contributed by atoms with van der Waals surface area (Å²) in [6.07, 6.45) is 5.11. The van der Waals surface area contributed by atoms with Crippen molar-refractivity contribution in [3.8, 4) is 0 Å². The molecular formula is C28H38EuF8N4O2. The Labute approximate surface area is 289 Å². The van der Waals surface area contributed by atoms with E-state index in [1.807, 2.05) is 0 Å². The van der Waals surface area contributed by atoms with E-state index in [2.05, 4.69) is 10.6 Å². The van der Waals surface area contributed by atoms with Crippen LogP contribution in [0, 0.1) is 95.9 Å². The minimum Gasteiger partial charge on any atom is -0.678 e. The average molecular weight is 767 g/mol. The standard InChI is InChI=1S/2C10H11F4N2.2C4H8O.Eu/c2*1-16(2)4-3-15-10-8(13)6(11)5-7(12)9(10)14;2*1-2-4-5-3-1;/h2*5H,3-4H2,1-2H3;2*1-4H2;/q2*-1;;;+2. The Morgan fingerprint density at radius 3 is 0.977 bits per heavy atom. The van der Waals surface area contributed by atoms with Crippen LogP contribution in [0.5, 0.6) is 0 Å². The van der Waals surface area contributed by atoms with Crippen molar-refractivity contribution in [1.29, 1.82) is 0 Å². The van der Waals surface area contributed by atoms with Crippen molar-refractivity contribution in [2.45, 2.75) is 25.7 Å². The normalized spacial score (nSPS) is 13.7. The molecule has 4 rings (SSSR count). The first-order chi connectivity index (χ1) is 19.9. The Morgan fingerprint density at radius 2 is 0.791 bits per heavy atom. The van der Waals surface area contributed by atoms with Crippen molar-refractivity contribution in [1.82, 2.24) is 9.80 Å². The summed E-state index contributed by atoms with van der Waals surface area (Å²) in [4.78, 5) is 3.46. The second kappa shape index (κ2) is 23.3. The molecule has 2 saturated heterocycles. The van der Waals surface area contributed by atoms with Crippen LogP contribution in [-0.2, 0) is 9.47 Å². The molecule has 0 aromatic heterocycles. The number of halogens is 8. The second-order valence-electron chi connectivity index (χ2n) is 9.64. The molecule has 0 saturated carbocycles. The third-order valence-electron chi connectivity index (χ3n) is 5.47. The van der Waals surface area contributed by atoms with Gasteiger partial charge in [0.05, 0.1) is 0 Å². The van der Waals surface area contributed by atoms with Crippen molar-refractivity contribution >= 4 is 11.4 Å². The van der Waals surface area contributed by atoms with Crippen molar-refractivity contribution in [3.05, 3.63) is 69.3 Å². The smallest absolute Gasteiger partial charge is 0.678 e. The Morgan fingerprint density at radius 1 is 0.535 bits per heavy atom. The SMILES string of the molecule is C1CCOC1.C1CCOC1.CN(C)CC[N-]c1c(F)c(F)cc(F)c1F.CN(C)CC[N-]c1c(F)c(F)cc(F)c1F.[Eu+2]. The van der Waals surface area contributed by atoms with Crippen molar-refractivity contribution in [3.63, 3.8) is 0 Å². The van der Waals surface area contributed by atoms with Gasteiger partial charge >= 0.3 is 49.4 Å². The topological polar surface area (TPSA) is 53.1 Å². The minimum absolute atomic E-state index is 0. The van der Waals surface area contributed by atoms with Crippen LogP contribution in [0.25, 0.3) is 10.6 Å². The Hall–Kier alpha value is -1.10. The van der Waals surface area contributed by atoms with Crippen LogP contribution in [0.3, 0.4) is 0 Å². The van der Waals surface area contributed by atoms with Gasteiger partial charge in [-0.2, -0.15) is 0 Å². The molecule has 2 fully saturated rings. The van der Waals surface area contributed by atoms with E-state index in [4.69, 9.17) is 9.47 Å². The number of ether oxygens (including phenoxy) is 2. The fourth-order valence-electron chi connectivity index (χ4n) is 3.14. The Bertz CT molecular complexity index is 925. The number of hydrogen-bond acceptors (Lipinski definition) is 4. The molecule has 15 heteroatoms. The monoisotopic (exact) mass is 767 g/mol. The van der Waals surface area contributed by atoms with Gasteiger partial charge < -0.3 is 29.9 Å². The van der Waals surface area contributed by atoms with E-state index < -0.39 is 57.9 Å². The number of likely N-dealkylation sites (N-methyl/N-ethyl adjacent to an activating group) is 2. The van der Waals surface area contributed by atoms with Crippen LogP contribution in [0.1, 0.15) is 25.7 Å². The van der Waals surface area contributed by atoms with Gasteiger partial charge in [0.15, 0.2) is 23.3 Å². The summed E-state index contributed by atoms with van der Waals surface area (Å²) in [5.74, 6) is -11.6. The van der Waals surface area contributed by atoms with Gasteiger partial charge in [0.2, 0.25) is 0 Å². The first-order valence-corrected chi connectivity index (χ1v) is 13.3. The maximum atomic E-state index is 13.1. The van der Waals surface area contributed by atoms with Crippen LogP contribution >= 0.6 is 0 Å². The van der Waals surface area contributed by atoms with Crippen LogP contribution in [-0.4, -0.2) is 90.6 Å². The molecule has 2 aromatic rings. The van der Waals surface area contributed by atoms with E-state index in [1.165, 1.54) is 25.7 Å². The van der Waals surface area contributed by atoms with Gasteiger partial charge in [0, 0.05) is 38.6 Å². The van der Waals surface area contributed by atoms with Gasteiger partial charge in [0.1, 0.15) is 23.3 Å². The molecule has 2 aliphatic heterocycles. The zero-order valence-corrected chi connectivity index (χ0v) is 27.1. The molecule has 0 atom stereocenters. The molecule has 245 valence electrons. The Balaban J connectivity index is 0.000000608. The van der Waals surface area contributed by atoms with E-state index >= 15 is 0 Å². The van der Waals surface area contributed by atoms with E-state index in [0.29, 0.717) is 13.1 Å². The summed E-state index contributed by atoms with van der Waals surface area (Å²) < 4.78 is 113. The van der Waals surface area contributed by atoms with Gasteiger partial charge in [0.25, 0.3) is 0 Å². The predicted octanol–water partition coefficient (Wildman–Crippen LogP) is 7.21. The number of benzene rings is 2. The molecule has 6 nitrogen and oxygen atoms in total. The van der Waals surface area contributed by atoms with Gasteiger partial charge in [-0.15, -0.1) is 13.1 Å². The molecule has 0 amide bonds. The minimum atomic E-state index is -1.46. The van der Waals surface area contributed by atoms with Gasteiger partial charge in [-0.05, 0) is 67.0 Å². The number of hydrogen-bond donors (Lipinski definition) is 0. The summed E-state index contributed by atoms with van der Waals surface area (Å²) in [6.45, 7) is 4.97. The average Bonchev–Trinajstić information content (AvgIpc) is 3.70. The largest absolute Gasteiger partial charge is 2.00 e. The maximum absolute atomic E-state index is 13.1. The predicted molar refractivity (Wildman–Crippen MR) is 146 cm³/mol. The fraction of sp³-hybridized carbons (Fsp3) is 0.571. The summed E-state index contributed by atoms with van der Waals surface area (Å²) in [6, 6.07) is 0.325. The van der Waals surface area contributed by atoms with E-state index in [0.717, 1.165) is 26.4 Å². The van der Waals surface area contributed by atoms with E-state index in [1.54, 1.807) is 38.0 Å². The van der Waals surface area contributed by atoms with Gasteiger partial charge in [-0.3, -0.25) is 0 Å². The summed E-state index contributed by atoms with van der Waals surface area (Å²) in [5, 5.41) is 6.99. The van der Waals surface area contributed by atoms with E-state index in [9.17, 15) is 35.1 Å². The number of rotatable bonds is 8. The summed E-state index contributed by atoms with van der Waals surface area (Å²) >= 11 is 0. The maximum Gasteiger partial charge on any atom is 2.00 e. The molecule has 0 unspecified atom stereocenters. The Kier molecular flexibility index (Phi) is 22.7. The molecule has 2 aromatic carbocycles. The third-order valence-corrected chi connectivity index (χ3v) is 5.47. The molecule has 0 N–H and O–H groups in total. The molecule has 2 heterocycles. The van der Waals surface area contributed by atoms with Crippen molar-refractivity contribution in [2.24, 2.45) is 0 Å². The number of nitrogens with zero attached hydrogens (tertiary/aromatic N) is 4. The molecule has 0 bridgehead atoms. The second-order valence-corrected chi connectivity index (χ2v) is 9.64. The molecular weight excluding hydrogens is 728 g/mol. The summed E-state index contributed by atoms with van der Waals surface area (Å²) in [5.41, 5.74) is -1.78. The zero-order valence-electron chi connectivity index (χ0n) is 24.6. The fourth-order valence-corrected chi connectivity index (χ4v) is 3.14. The van der Waals surface area contributed by atoms with Crippen molar-refractivity contribution < 1.29 is 94.0 Å². The van der Waals surface area contributed by atoms with Crippen LogP contribution in [0.15, 0.2) is 12.1 Å². The molecule has 2 aliphatic rings. The van der Waals surface area contributed by atoms with Gasteiger partial charge in [-0.1, -0.05) is 11.4 Å². The first-order valence-electron chi connectivity index (χ1n) is 13.3. The van der Waals surface area contributed by atoms with Crippen molar-refractivity contribution in [2.75, 3.05) is 80.8 Å². The van der Waals surface area contributed by atoms with E-state index in [-0.39, 0.29) is 74.6 Å². The molecule has 1 radical (unpaired) electrons. The third kappa shape index (κ3) is 16.7.